The van der Waals surface area contributed by atoms with Crippen LogP contribution in [-0.4, -0.2) is 37.2 Å². The first-order valence-electron chi connectivity index (χ1n) is 36.4. The lowest BCUT2D eigenvalue weighted by atomic mass is 10.0. The van der Waals surface area contributed by atoms with Crippen molar-refractivity contribution in [3.63, 3.8) is 0 Å². The standard InChI is InChI=1S/C77H138O6/c1-4-7-10-13-16-19-22-25-28-29-30-31-32-33-34-35-36-37-38-39-40-41-42-43-44-45-46-47-50-52-55-58-61-64-67-70-76(79)82-73-74(83-77(80)71-68-65-62-59-56-53-49-27-24-21-18-15-12-9-6-3)72-81-75(78)69-66-63-60-57-54-51-48-26-23-20-17-14-11-8-5-2/h7,10,16,19,25-28,30-31,48-49,74H,4-6,8-9,11-15,17-18,20-24,29,32-47,50-73H2,1-3H3/b10-7-,19-16-,28-25-,31-30-,48-26-,49-27-. The van der Waals surface area contributed by atoms with Gasteiger partial charge in [-0.2, -0.15) is 0 Å². The van der Waals surface area contributed by atoms with E-state index in [9.17, 15) is 14.4 Å². The fourth-order valence-corrected chi connectivity index (χ4v) is 10.7. The minimum Gasteiger partial charge on any atom is -0.462 e. The summed E-state index contributed by atoms with van der Waals surface area (Å²) in [6, 6.07) is 0. The molecule has 0 saturated heterocycles. The van der Waals surface area contributed by atoms with Gasteiger partial charge in [0.05, 0.1) is 0 Å². The van der Waals surface area contributed by atoms with E-state index in [4.69, 9.17) is 14.2 Å². The van der Waals surface area contributed by atoms with Crippen molar-refractivity contribution in [2.75, 3.05) is 13.2 Å². The van der Waals surface area contributed by atoms with Crippen molar-refractivity contribution < 1.29 is 28.6 Å². The quantitative estimate of drug-likeness (QED) is 0.0261. The van der Waals surface area contributed by atoms with E-state index in [0.717, 1.165) is 96.3 Å². The van der Waals surface area contributed by atoms with Gasteiger partial charge >= 0.3 is 17.9 Å². The predicted molar refractivity (Wildman–Crippen MR) is 362 cm³/mol. The molecule has 0 saturated carbocycles. The average Bonchev–Trinajstić information content (AvgIpc) is 3.49. The van der Waals surface area contributed by atoms with Crippen molar-refractivity contribution in [2.24, 2.45) is 0 Å². The van der Waals surface area contributed by atoms with E-state index in [1.807, 2.05) is 0 Å². The normalized spacial score (nSPS) is 12.5. The molecule has 0 fully saturated rings. The van der Waals surface area contributed by atoms with Crippen molar-refractivity contribution in [3.8, 4) is 0 Å². The molecule has 0 amide bonds. The van der Waals surface area contributed by atoms with E-state index in [1.165, 1.54) is 244 Å². The molecule has 0 spiro atoms. The number of rotatable bonds is 67. The Hall–Kier alpha value is -3.15. The zero-order valence-electron chi connectivity index (χ0n) is 55.5. The summed E-state index contributed by atoms with van der Waals surface area (Å²) in [5.41, 5.74) is 0. The van der Waals surface area contributed by atoms with Crippen molar-refractivity contribution in [2.45, 2.75) is 386 Å². The van der Waals surface area contributed by atoms with Gasteiger partial charge in [-0.1, -0.05) is 325 Å². The fraction of sp³-hybridized carbons (Fsp3) is 0.805. The Kier molecular flexibility index (Phi) is 68.6. The zero-order valence-corrected chi connectivity index (χ0v) is 55.5. The summed E-state index contributed by atoms with van der Waals surface area (Å²) in [5.74, 6) is -0.870. The predicted octanol–water partition coefficient (Wildman–Crippen LogP) is 25.2. The van der Waals surface area contributed by atoms with Crippen LogP contribution in [0.5, 0.6) is 0 Å². The lowest BCUT2D eigenvalue weighted by Gasteiger charge is -2.18. The maximum atomic E-state index is 12.9. The topological polar surface area (TPSA) is 78.9 Å². The van der Waals surface area contributed by atoms with Crippen molar-refractivity contribution in [1.29, 1.82) is 0 Å². The molecular weight excluding hydrogens is 1020 g/mol. The monoisotopic (exact) mass is 1160 g/mol. The molecular formula is C77H138O6. The average molecular weight is 1160 g/mol. The highest BCUT2D eigenvalue weighted by Crippen LogP contribution is 2.18. The van der Waals surface area contributed by atoms with Gasteiger partial charge in [0.1, 0.15) is 13.2 Å². The number of ether oxygens (including phenoxy) is 3. The Morgan fingerprint density at radius 2 is 0.470 bits per heavy atom. The molecule has 6 nitrogen and oxygen atoms in total. The second kappa shape index (κ2) is 71.3. The van der Waals surface area contributed by atoms with Gasteiger partial charge in [-0.15, -0.1) is 0 Å². The Bertz CT molecular complexity index is 1520. The molecule has 6 heteroatoms. The minimum absolute atomic E-state index is 0.0759. The minimum atomic E-state index is -0.781. The lowest BCUT2D eigenvalue weighted by molar-refractivity contribution is -0.167. The summed E-state index contributed by atoms with van der Waals surface area (Å²) in [6.07, 6.45) is 93.8. The Morgan fingerprint density at radius 1 is 0.253 bits per heavy atom. The van der Waals surface area contributed by atoms with Crippen LogP contribution in [0, 0.1) is 0 Å². The van der Waals surface area contributed by atoms with E-state index in [-0.39, 0.29) is 31.1 Å². The van der Waals surface area contributed by atoms with Gasteiger partial charge in [0, 0.05) is 19.3 Å². The van der Waals surface area contributed by atoms with Crippen LogP contribution in [0.4, 0.5) is 0 Å². The number of esters is 3. The van der Waals surface area contributed by atoms with Crippen LogP contribution < -0.4 is 0 Å². The lowest BCUT2D eigenvalue weighted by Crippen LogP contribution is -2.30. The summed E-state index contributed by atoms with van der Waals surface area (Å²) < 4.78 is 17.0. The number of hydrogen-bond donors (Lipinski definition) is 0. The summed E-state index contributed by atoms with van der Waals surface area (Å²) in [5, 5.41) is 0. The van der Waals surface area contributed by atoms with E-state index in [1.54, 1.807) is 0 Å². The molecule has 0 aliphatic rings. The maximum Gasteiger partial charge on any atom is 0.306 e. The van der Waals surface area contributed by atoms with Crippen molar-refractivity contribution in [3.05, 3.63) is 72.9 Å². The maximum absolute atomic E-state index is 12.9. The third kappa shape index (κ3) is 69.5. The molecule has 0 aromatic carbocycles. The molecule has 482 valence electrons. The van der Waals surface area contributed by atoms with Crippen LogP contribution in [0.25, 0.3) is 0 Å². The Labute approximate surface area is 516 Å². The first-order chi connectivity index (χ1) is 41.0. The van der Waals surface area contributed by atoms with Gasteiger partial charge in [0.15, 0.2) is 6.10 Å². The molecule has 0 aliphatic carbocycles. The molecule has 0 radical (unpaired) electrons. The third-order valence-electron chi connectivity index (χ3n) is 16.2. The second-order valence-corrected chi connectivity index (χ2v) is 24.5. The van der Waals surface area contributed by atoms with Gasteiger partial charge in [0.25, 0.3) is 0 Å². The fourth-order valence-electron chi connectivity index (χ4n) is 10.7. The number of unbranched alkanes of at least 4 members (excludes halogenated alkanes) is 44. The summed E-state index contributed by atoms with van der Waals surface area (Å²) in [7, 11) is 0. The first-order valence-corrected chi connectivity index (χ1v) is 36.4. The summed E-state index contributed by atoms with van der Waals surface area (Å²) in [6.45, 7) is 6.56. The molecule has 0 aromatic heterocycles. The highest BCUT2D eigenvalue weighted by molar-refractivity contribution is 5.71. The van der Waals surface area contributed by atoms with Gasteiger partial charge in [-0.3, -0.25) is 14.4 Å². The number of hydrogen-bond acceptors (Lipinski definition) is 6. The van der Waals surface area contributed by atoms with Crippen LogP contribution in [0.1, 0.15) is 380 Å². The third-order valence-corrected chi connectivity index (χ3v) is 16.2. The summed E-state index contributed by atoms with van der Waals surface area (Å²) >= 11 is 0. The molecule has 0 N–H and O–H groups in total. The van der Waals surface area contributed by atoms with Crippen LogP contribution in [0.3, 0.4) is 0 Å². The highest BCUT2D eigenvalue weighted by atomic mass is 16.6. The van der Waals surface area contributed by atoms with E-state index >= 15 is 0 Å². The van der Waals surface area contributed by atoms with E-state index < -0.39 is 6.10 Å². The SMILES string of the molecule is CC/C=C\C/C=C\C/C=C\C/C=C\CCCCCCCCCCCCCCCCCCCCCCCCC(=O)OCC(COC(=O)CCCCCCC/C=C\CCCCCCCC)OC(=O)CCCCCCC/C=C\CCCCCCCC. The molecule has 0 bridgehead atoms. The van der Waals surface area contributed by atoms with Gasteiger partial charge in [-0.05, 0) is 109 Å². The van der Waals surface area contributed by atoms with E-state index in [0.29, 0.717) is 19.3 Å². The van der Waals surface area contributed by atoms with Crippen LogP contribution in [0.15, 0.2) is 72.9 Å². The van der Waals surface area contributed by atoms with Crippen LogP contribution in [-0.2, 0) is 28.6 Å². The Balaban J connectivity index is 4.11. The van der Waals surface area contributed by atoms with Crippen LogP contribution >= 0.6 is 0 Å². The van der Waals surface area contributed by atoms with Crippen molar-refractivity contribution in [1.82, 2.24) is 0 Å². The van der Waals surface area contributed by atoms with Crippen LogP contribution in [0.2, 0.25) is 0 Å². The number of allylic oxidation sites excluding steroid dienone is 12. The molecule has 0 rings (SSSR count). The van der Waals surface area contributed by atoms with Gasteiger partial charge in [0.2, 0.25) is 0 Å². The zero-order chi connectivity index (χ0) is 59.9. The Morgan fingerprint density at radius 3 is 0.747 bits per heavy atom. The number of carbonyl (C=O) groups is 3. The molecule has 0 heterocycles. The first kappa shape index (κ1) is 79.8. The van der Waals surface area contributed by atoms with E-state index in [2.05, 4.69) is 93.7 Å². The largest absolute Gasteiger partial charge is 0.462 e. The molecule has 1 unspecified atom stereocenters. The molecule has 0 aliphatic heterocycles. The second-order valence-electron chi connectivity index (χ2n) is 24.5. The van der Waals surface area contributed by atoms with Gasteiger partial charge in [-0.25, -0.2) is 0 Å². The molecule has 83 heavy (non-hydrogen) atoms. The van der Waals surface area contributed by atoms with Crippen molar-refractivity contribution >= 4 is 17.9 Å². The molecule has 1 atom stereocenters. The summed E-state index contributed by atoms with van der Waals surface area (Å²) in [4.78, 5) is 38.4. The smallest absolute Gasteiger partial charge is 0.306 e. The molecule has 0 aromatic rings. The highest BCUT2D eigenvalue weighted by Gasteiger charge is 2.19. The van der Waals surface area contributed by atoms with Gasteiger partial charge < -0.3 is 14.2 Å². The number of carbonyl (C=O) groups excluding carboxylic acids is 3.